The molecule has 0 saturated heterocycles. The van der Waals surface area contributed by atoms with E-state index in [1.807, 2.05) is 6.92 Å². The van der Waals surface area contributed by atoms with Crippen LogP contribution in [0.3, 0.4) is 0 Å². The Labute approximate surface area is 108 Å². The summed E-state index contributed by atoms with van der Waals surface area (Å²) in [4.78, 5) is 4.41. The van der Waals surface area contributed by atoms with Crippen molar-refractivity contribution in [2.45, 2.75) is 38.0 Å². The largest absolute Gasteiger partial charge is 0.416 e. The van der Waals surface area contributed by atoms with Gasteiger partial charge in [0, 0.05) is 6.54 Å². The Bertz CT molecular complexity index is 638. The number of rotatable bonds is 2. The average molecular weight is 269 g/mol. The van der Waals surface area contributed by atoms with Gasteiger partial charge in [-0.3, -0.25) is 0 Å². The highest BCUT2D eigenvalue weighted by Gasteiger charge is 2.44. The molecule has 1 aliphatic rings. The van der Waals surface area contributed by atoms with Crippen molar-refractivity contribution in [2.75, 3.05) is 0 Å². The Balaban J connectivity index is 2.22. The lowest BCUT2D eigenvalue weighted by molar-refractivity contribution is -0.137. The van der Waals surface area contributed by atoms with Crippen LogP contribution in [0.2, 0.25) is 0 Å². The molecule has 1 fully saturated rings. The number of halogens is 3. The third-order valence-electron chi connectivity index (χ3n) is 3.63. The molecule has 0 unspecified atom stereocenters. The molecule has 102 valence electrons. The van der Waals surface area contributed by atoms with E-state index in [1.54, 1.807) is 4.57 Å². The van der Waals surface area contributed by atoms with E-state index in [2.05, 4.69) is 4.98 Å². The lowest BCUT2D eigenvalue weighted by Crippen LogP contribution is -2.24. The highest BCUT2D eigenvalue weighted by atomic mass is 19.4. The molecule has 2 aromatic rings. The molecule has 3 rings (SSSR count). The van der Waals surface area contributed by atoms with Crippen LogP contribution in [0.15, 0.2) is 18.2 Å². The van der Waals surface area contributed by atoms with Crippen molar-refractivity contribution in [3.63, 3.8) is 0 Å². The van der Waals surface area contributed by atoms with E-state index in [0.717, 1.165) is 25.0 Å². The van der Waals surface area contributed by atoms with Gasteiger partial charge in [0.15, 0.2) is 0 Å². The van der Waals surface area contributed by atoms with Crippen molar-refractivity contribution in [1.82, 2.24) is 9.55 Å². The van der Waals surface area contributed by atoms with Crippen LogP contribution in [0.4, 0.5) is 13.2 Å². The second-order valence-corrected chi connectivity index (χ2v) is 5.04. The smallest absolute Gasteiger partial charge is 0.327 e. The lowest BCUT2D eigenvalue weighted by Gasteiger charge is -2.11. The summed E-state index contributed by atoms with van der Waals surface area (Å²) in [5, 5.41) is 0. The number of aromatic nitrogens is 2. The molecule has 0 amide bonds. The van der Waals surface area contributed by atoms with Gasteiger partial charge in [-0.15, -0.1) is 0 Å². The number of hydrogen-bond donors (Lipinski definition) is 1. The maximum absolute atomic E-state index is 12.8. The number of nitrogens with two attached hydrogens (primary N) is 1. The lowest BCUT2D eigenvalue weighted by atomic mass is 10.2. The van der Waals surface area contributed by atoms with E-state index >= 15 is 0 Å². The van der Waals surface area contributed by atoms with Crippen LogP contribution in [0.1, 0.15) is 31.2 Å². The van der Waals surface area contributed by atoms with Gasteiger partial charge in [0.1, 0.15) is 5.82 Å². The fourth-order valence-electron chi connectivity index (χ4n) is 2.36. The molecule has 0 atom stereocenters. The minimum Gasteiger partial charge on any atom is -0.327 e. The zero-order chi connectivity index (χ0) is 13.8. The highest BCUT2D eigenvalue weighted by molar-refractivity contribution is 5.77. The monoisotopic (exact) mass is 269 g/mol. The Hall–Kier alpha value is -1.56. The summed E-state index contributed by atoms with van der Waals surface area (Å²) >= 11 is 0. The van der Waals surface area contributed by atoms with Crippen LogP contribution in [-0.4, -0.2) is 9.55 Å². The molecule has 6 heteroatoms. The normalized spacial score (nSPS) is 17.9. The van der Waals surface area contributed by atoms with Crippen LogP contribution < -0.4 is 5.73 Å². The maximum Gasteiger partial charge on any atom is 0.416 e. The van der Waals surface area contributed by atoms with E-state index in [4.69, 9.17) is 5.73 Å². The zero-order valence-electron chi connectivity index (χ0n) is 10.5. The van der Waals surface area contributed by atoms with Gasteiger partial charge < -0.3 is 10.3 Å². The molecule has 3 nitrogen and oxygen atoms in total. The van der Waals surface area contributed by atoms with Crippen LogP contribution in [-0.2, 0) is 18.3 Å². The number of nitrogens with zero attached hydrogens (tertiary/aromatic N) is 2. The van der Waals surface area contributed by atoms with Gasteiger partial charge >= 0.3 is 6.18 Å². The van der Waals surface area contributed by atoms with E-state index in [1.165, 1.54) is 6.07 Å². The Kier molecular flexibility index (Phi) is 2.44. The fourth-order valence-corrected chi connectivity index (χ4v) is 2.36. The van der Waals surface area contributed by atoms with Crippen molar-refractivity contribution in [3.8, 4) is 0 Å². The Morgan fingerprint density at radius 1 is 1.37 bits per heavy atom. The number of imidazole rings is 1. The molecule has 0 radical (unpaired) electrons. The van der Waals surface area contributed by atoms with Gasteiger partial charge in [0.05, 0.1) is 22.1 Å². The quantitative estimate of drug-likeness (QED) is 0.910. The molecule has 0 aliphatic heterocycles. The molecule has 1 aromatic carbocycles. The van der Waals surface area contributed by atoms with Gasteiger partial charge in [-0.25, -0.2) is 4.98 Å². The summed E-state index contributed by atoms with van der Waals surface area (Å²) in [5.74, 6) is 0.698. The number of aryl methyl sites for hydroxylation is 1. The third-order valence-corrected chi connectivity index (χ3v) is 3.63. The highest BCUT2D eigenvalue weighted by Crippen LogP contribution is 2.43. The van der Waals surface area contributed by atoms with Gasteiger partial charge in [-0.1, -0.05) is 0 Å². The van der Waals surface area contributed by atoms with Crippen LogP contribution >= 0.6 is 0 Å². The van der Waals surface area contributed by atoms with E-state index in [0.29, 0.717) is 23.4 Å². The van der Waals surface area contributed by atoms with Crippen LogP contribution in [0.5, 0.6) is 0 Å². The topological polar surface area (TPSA) is 43.8 Å². The van der Waals surface area contributed by atoms with E-state index in [-0.39, 0.29) is 0 Å². The second-order valence-electron chi connectivity index (χ2n) is 5.04. The molecule has 1 aliphatic carbocycles. The third kappa shape index (κ3) is 1.90. The predicted octanol–water partition coefficient (Wildman–Crippen LogP) is 3.02. The predicted molar refractivity (Wildman–Crippen MR) is 65.5 cm³/mol. The Morgan fingerprint density at radius 3 is 2.58 bits per heavy atom. The van der Waals surface area contributed by atoms with Gasteiger partial charge in [0.25, 0.3) is 0 Å². The summed E-state index contributed by atoms with van der Waals surface area (Å²) in [6.07, 6.45) is -2.66. The minimum absolute atomic E-state index is 0.451. The van der Waals surface area contributed by atoms with Crippen LogP contribution in [0, 0.1) is 0 Å². The summed E-state index contributed by atoms with van der Waals surface area (Å²) in [5.41, 5.74) is 6.10. The first-order valence-electron chi connectivity index (χ1n) is 6.22. The van der Waals surface area contributed by atoms with Crippen LogP contribution in [0.25, 0.3) is 11.0 Å². The van der Waals surface area contributed by atoms with Gasteiger partial charge in [-0.2, -0.15) is 13.2 Å². The first-order chi connectivity index (χ1) is 8.85. The van der Waals surface area contributed by atoms with Crippen molar-refractivity contribution in [1.29, 1.82) is 0 Å². The number of hydrogen-bond acceptors (Lipinski definition) is 2. The van der Waals surface area contributed by atoms with Crippen molar-refractivity contribution in [3.05, 3.63) is 29.6 Å². The number of benzene rings is 1. The summed E-state index contributed by atoms with van der Waals surface area (Å²) < 4.78 is 40.0. The summed E-state index contributed by atoms with van der Waals surface area (Å²) in [7, 11) is 0. The van der Waals surface area contributed by atoms with Crippen molar-refractivity contribution >= 4 is 11.0 Å². The molecule has 0 spiro atoms. The first-order valence-corrected chi connectivity index (χ1v) is 6.22. The molecular weight excluding hydrogens is 255 g/mol. The van der Waals surface area contributed by atoms with Gasteiger partial charge in [-0.05, 0) is 38.0 Å². The summed E-state index contributed by atoms with van der Waals surface area (Å²) in [6, 6.07) is 3.63. The number of fused-ring (bicyclic) bond motifs is 1. The van der Waals surface area contributed by atoms with Crippen molar-refractivity contribution in [2.24, 2.45) is 5.73 Å². The Morgan fingerprint density at radius 2 is 2.05 bits per heavy atom. The molecule has 1 aromatic heterocycles. The summed E-state index contributed by atoms with van der Waals surface area (Å²) in [6.45, 7) is 2.45. The molecule has 1 heterocycles. The van der Waals surface area contributed by atoms with Gasteiger partial charge in [0.2, 0.25) is 0 Å². The molecule has 2 N–H and O–H groups in total. The van der Waals surface area contributed by atoms with Crippen molar-refractivity contribution < 1.29 is 13.2 Å². The zero-order valence-corrected chi connectivity index (χ0v) is 10.5. The molecule has 0 bridgehead atoms. The molecule has 19 heavy (non-hydrogen) atoms. The molecular formula is C13H14F3N3. The average Bonchev–Trinajstić information content (AvgIpc) is 2.97. The van der Waals surface area contributed by atoms with E-state index < -0.39 is 17.3 Å². The SMILES string of the molecule is CCn1c(C2(N)CC2)nc2ccc(C(F)(F)F)cc21. The fraction of sp³-hybridized carbons (Fsp3) is 0.462. The second kappa shape index (κ2) is 3.72. The number of alkyl halides is 3. The first kappa shape index (κ1) is 12.5. The van der Waals surface area contributed by atoms with E-state index in [9.17, 15) is 13.2 Å². The maximum atomic E-state index is 12.8. The standard InChI is InChI=1S/C13H14F3N3/c1-2-19-10-7-8(13(14,15)16)3-4-9(10)18-11(19)12(17)5-6-12/h3-4,7H,2,5-6,17H2,1H3. The minimum atomic E-state index is -4.34. The molecule has 1 saturated carbocycles.